The highest BCUT2D eigenvalue weighted by Crippen LogP contribution is 2.40. The van der Waals surface area contributed by atoms with E-state index < -0.39 is 12.0 Å². The maximum atomic E-state index is 13.4. The van der Waals surface area contributed by atoms with Gasteiger partial charge < -0.3 is 20.1 Å². The van der Waals surface area contributed by atoms with Crippen LogP contribution in [0, 0.1) is 20.8 Å². The first-order chi connectivity index (χ1) is 25.9. The number of carbonyl (C=O) groups excluding carboxylic acids is 2. The number of halogens is 2. The first kappa shape index (κ1) is 36.8. The van der Waals surface area contributed by atoms with Crippen LogP contribution in [0.25, 0.3) is 27.0 Å². The van der Waals surface area contributed by atoms with E-state index in [9.17, 15) is 19.5 Å². The number of nitrogens with one attached hydrogen (secondary N) is 2. The molecule has 1 atom stereocenters. The summed E-state index contributed by atoms with van der Waals surface area (Å²) < 4.78 is 7.55. The third-order valence-electron chi connectivity index (χ3n) is 9.44. The van der Waals surface area contributed by atoms with Gasteiger partial charge in [0.1, 0.15) is 22.7 Å². The monoisotopic (exact) mass is 784 g/mol. The molecule has 2 aromatic carbocycles. The van der Waals surface area contributed by atoms with Crippen LogP contribution in [-0.4, -0.2) is 74.0 Å². The van der Waals surface area contributed by atoms with E-state index in [1.807, 2.05) is 35.8 Å². The highest BCUT2D eigenvalue weighted by molar-refractivity contribution is 7.15. The summed E-state index contributed by atoms with van der Waals surface area (Å²) in [5.74, 6) is 0.0880. The Morgan fingerprint density at radius 1 is 1.06 bits per heavy atom. The van der Waals surface area contributed by atoms with Crippen molar-refractivity contribution in [3.63, 3.8) is 0 Å². The number of fused-ring (bicyclic) bond motifs is 4. The van der Waals surface area contributed by atoms with Crippen LogP contribution in [0.3, 0.4) is 0 Å². The van der Waals surface area contributed by atoms with E-state index in [-0.39, 0.29) is 42.6 Å². The molecule has 0 saturated heterocycles. The molecule has 276 valence electrons. The minimum atomic E-state index is -1.07. The van der Waals surface area contributed by atoms with Crippen molar-refractivity contribution in [3.05, 3.63) is 104 Å². The second kappa shape index (κ2) is 14.7. The van der Waals surface area contributed by atoms with Crippen LogP contribution in [0.5, 0.6) is 5.88 Å². The molecule has 1 aliphatic heterocycles. The lowest BCUT2D eigenvalue weighted by atomic mass is 9.99. The summed E-state index contributed by atoms with van der Waals surface area (Å²) in [6.07, 6.45) is 1.39. The molecule has 0 aliphatic carbocycles. The van der Waals surface area contributed by atoms with Gasteiger partial charge in [0.25, 0.3) is 0 Å². The van der Waals surface area contributed by atoms with E-state index in [1.165, 1.54) is 18.2 Å². The summed E-state index contributed by atoms with van der Waals surface area (Å²) >= 11 is 14.4. The number of aliphatic imine (C=N–C) groups is 1. The molecule has 5 heterocycles. The predicted octanol–water partition coefficient (Wildman–Crippen LogP) is 7.26. The van der Waals surface area contributed by atoms with Crippen molar-refractivity contribution < 1.29 is 24.2 Å². The smallest absolute Gasteiger partial charge is 0.337 e. The van der Waals surface area contributed by atoms with Crippen molar-refractivity contribution in [2.24, 2.45) is 4.99 Å². The van der Waals surface area contributed by atoms with Gasteiger partial charge in [-0.1, -0.05) is 35.3 Å². The second-order valence-electron chi connectivity index (χ2n) is 12.8. The molecular weight excluding hydrogens is 751 g/mol. The number of carboxylic acids is 1. The van der Waals surface area contributed by atoms with Gasteiger partial charge in [0, 0.05) is 69.3 Å². The number of nitrogens with zero attached hydrogens (tertiary/aromatic N) is 6. The summed E-state index contributed by atoms with van der Waals surface area (Å²) in [5, 5.41) is 23.7. The molecule has 13 nitrogen and oxygen atoms in total. The third-order valence-corrected chi connectivity index (χ3v) is 11.2. The number of hydrogen-bond donors (Lipinski definition) is 3. The number of ether oxygens (including phenoxy) is 1. The number of amides is 2. The lowest BCUT2D eigenvalue weighted by Gasteiger charge is -2.19. The van der Waals surface area contributed by atoms with Gasteiger partial charge in [-0.05, 0) is 62.7 Å². The number of pyridine rings is 1. The molecule has 0 saturated carbocycles. The molecule has 4 aromatic heterocycles. The molecule has 1 aliphatic rings. The van der Waals surface area contributed by atoms with Gasteiger partial charge in [-0.25, -0.2) is 4.79 Å². The lowest BCUT2D eigenvalue weighted by molar-refractivity contribution is -0.121. The number of hydrogen-bond acceptors (Lipinski definition) is 9. The molecule has 7 rings (SSSR count). The van der Waals surface area contributed by atoms with E-state index in [4.69, 9.17) is 32.9 Å². The minimum Gasteiger partial charge on any atom is -0.480 e. The van der Waals surface area contributed by atoms with E-state index in [0.717, 1.165) is 32.3 Å². The van der Waals surface area contributed by atoms with Crippen molar-refractivity contribution in [3.8, 4) is 22.0 Å². The quantitative estimate of drug-likeness (QED) is 0.130. The van der Waals surface area contributed by atoms with Gasteiger partial charge >= 0.3 is 5.97 Å². The summed E-state index contributed by atoms with van der Waals surface area (Å²) in [7, 11) is 3.03. The van der Waals surface area contributed by atoms with Crippen molar-refractivity contribution in [1.29, 1.82) is 0 Å². The average molecular weight is 786 g/mol. The van der Waals surface area contributed by atoms with Gasteiger partial charge in [0.05, 0.1) is 29.8 Å². The van der Waals surface area contributed by atoms with Crippen LogP contribution in [0.15, 0.2) is 59.7 Å². The highest BCUT2D eigenvalue weighted by atomic mass is 35.5. The Hall–Kier alpha value is -5.57. The van der Waals surface area contributed by atoms with Crippen LogP contribution in [0.1, 0.15) is 62.5 Å². The van der Waals surface area contributed by atoms with E-state index in [2.05, 4.69) is 39.3 Å². The number of thiophene rings is 1. The maximum absolute atomic E-state index is 13.4. The molecule has 3 N–H and O–H groups in total. The predicted molar refractivity (Wildman–Crippen MR) is 209 cm³/mol. The number of rotatable bonds is 10. The number of methoxy groups -OCH3 is 1. The molecule has 0 bridgehead atoms. The Balaban J connectivity index is 1.06. The van der Waals surface area contributed by atoms with Crippen molar-refractivity contribution >= 4 is 74.8 Å². The lowest BCUT2D eigenvalue weighted by Crippen LogP contribution is -2.33. The van der Waals surface area contributed by atoms with Crippen molar-refractivity contribution in [2.75, 3.05) is 25.6 Å². The molecule has 16 heteroatoms. The zero-order valence-corrected chi connectivity index (χ0v) is 32.2. The van der Waals surface area contributed by atoms with Gasteiger partial charge in [0.15, 0.2) is 5.82 Å². The Morgan fingerprint density at radius 3 is 2.54 bits per heavy atom. The number of aromatic nitrogens is 5. The molecule has 2 amide bonds. The van der Waals surface area contributed by atoms with Crippen LogP contribution in [-0.2, 0) is 9.59 Å². The molecule has 0 radical (unpaired) electrons. The number of anilines is 1. The van der Waals surface area contributed by atoms with Gasteiger partial charge in [0.2, 0.25) is 17.7 Å². The van der Waals surface area contributed by atoms with E-state index in [1.54, 1.807) is 42.6 Å². The molecule has 0 unspecified atom stereocenters. The second-order valence-corrected chi connectivity index (χ2v) is 14.8. The highest BCUT2D eigenvalue weighted by Gasteiger charge is 2.32. The molecular formula is C38H34Cl2N8O5S. The topological polar surface area (TPSA) is 168 Å². The largest absolute Gasteiger partial charge is 0.480 e. The molecule has 0 fully saturated rings. The Morgan fingerprint density at radius 2 is 1.81 bits per heavy atom. The summed E-state index contributed by atoms with van der Waals surface area (Å²) in [4.78, 5) is 53.6. The standard InChI is InChI=1S/C38H34Cl2N8O5S/c1-18-19(2)54-37-33(18)34(21-6-8-22(39)9-7-21)43-29(35-46-45-20(3)48(35)37)16-31(49)41-13-12-32(50)47(4)30-11-10-23(36(44-30)53-5)24-14-25-26(38(51)52)17-42-28(25)15-27(24)40/h6-11,14-15,17,29,42H,12-13,16H2,1-5H3,(H,41,49)(H,51,52)/t29-/m0/s1. The molecule has 0 spiro atoms. The van der Waals surface area contributed by atoms with Crippen LogP contribution >= 0.6 is 34.5 Å². The summed E-state index contributed by atoms with van der Waals surface area (Å²) in [5.41, 5.74) is 5.39. The van der Waals surface area contributed by atoms with Crippen LogP contribution in [0.2, 0.25) is 10.0 Å². The number of aromatic carboxylic acids is 1. The summed E-state index contributed by atoms with van der Waals surface area (Å²) in [6, 6.07) is 13.5. The third kappa shape index (κ3) is 6.72. The Labute approximate surface area is 323 Å². The normalized spacial score (nSPS) is 13.5. The SMILES string of the molecule is COc1nc(N(C)C(=O)CCNC(=O)C[C@@H]2N=C(c3ccc(Cl)cc3)c3c(sc(C)c3C)-n3c(C)nnc32)ccc1-c1cc2c(C(=O)O)c[nH]c2cc1Cl. The number of benzene rings is 2. The maximum Gasteiger partial charge on any atom is 0.337 e. The first-order valence-corrected chi connectivity index (χ1v) is 18.4. The van der Waals surface area contributed by atoms with Gasteiger partial charge in [-0.15, -0.1) is 21.5 Å². The number of carbonyl (C=O) groups is 3. The average Bonchev–Trinajstić information content (AvgIpc) is 3.80. The van der Waals surface area contributed by atoms with E-state index in [0.29, 0.717) is 49.5 Å². The molecule has 6 aromatic rings. The van der Waals surface area contributed by atoms with Crippen molar-refractivity contribution in [2.45, 2.75) is 39.7 Å². The fourth-order valence-corrected chi connectivity index (χ4v) is 8.09. The number of aryl methyl sites for hydroxylation is 2. The Kier molecular flexibility index (Phi) is 10.0. The number of aromatic amines is 1. The minimum absolute atomic E-state index is 0.00303. The fraction of sp³-hybridized carbons (Fsp3) is 0.237. The number of carboxylic acid groups (broad SMARTS) is 1. The molecule has 54 heavy (non-hydrogen) atoms. The van der Waals surface area contributed by atoms with E-state index >= 15 is 0 Å². The van der Waals surface area contributed by atoms with Gasteiger partial charge in [-0.2, -0.15) is 4.98 Å². The first-order valence-electron chi connectivity index (χ1n) is 16.8. The zero-order chi connectivity index (χ0) is 38.4. The number of H-pyrrole nitrogens is 1. The fourth-order valence-electron chi connectivity index (χ4n) is 6.49. The van der Waals surface area contributed by atoms with Crippen LogP contribution < -0.4 is 15.0 Å². The van der Waals surface area contributed by atoms with Crippen LogP contribution in [0.4, 0.5) is 5.82 Å². The van der Waals surface area contributed by atoms with Gasteiger partial charge in [-0.3, -0.25) is 24.0 Å². The Bertz CT molecular complexity index is 2500. The zero-order valence-electron chi connectivity index (χ0n) is 29.8. The van der Waals surface area contributed by atoms with Crippen molar-refractivity contribution in [1.82, 2.24) is 30.0 Å². The summed E-state index contributed by atoms with van der Waals surface area (Å²) in [6.45, 7) is 6.09.